The average molecular weight is 193 g/mol. The van der Waals surface area contributed by atoms with Crippen LogP contribution in [0.3, 0.4) is 0 Å². The first-order valence-corrected chi connectivity index (χ1v) is 5.00. The number of rotatable bonds is 1. The molecule has 76 valence electrons. The maximum atomic E-state index is 11.7. The summed E-state index contributed by atoms with van der Waals surface area (Å²) in [5, 5.41) is 2.84. The zero-order chi connectivity index (χ0) is 10.1. The van der Waals surface area contributed by atoms with Crippen LogP contribution < -0.4 is 10.9 Å². The molecule has 14 heavy (non-hydrogen) atoms. The molecule has 1 aromatic rings. The van der Waals surface area contributed by atoms with E-state index in [1.807, 2.05) is 7.05 Å². The van der Waals surface area contributed by atoms with Crippen molar-refractivity contribution >= 4 is 5.82 Å². The fourth-order valence-corrected chi connectivity index (χ4v) is 1.98. The Morgan fingerprint density at radius 3 is 2.79 bits per heavy atom. The maximum absolute atomic E-state index is 11.7. The topological polar surface area (TPSA) is 46.9 Å². The second kappa shape index (κ2) is 3.44. The predicted molar refractivity (Wildman–Crippen MR) is 55.7 cm³/mol. The minimum Gasteiger partial charge on any atom is -0.369 e. The Morgan fingerprint density at radius 1 is 1.36 bits per heavy atom. The summed E-state index contributed by atoms with van der Waals surface area (Å²) in [6, 6.07) is 0. The Balaban J connectivity index is 2.63. The van der Waals surface area contributed by atoms with E-state index < -0.39 is 0 Å². The van der Waals surface area contributed by atoms with Crippen molar-refractivity contribution in [2.24, 2.45) is 7.05 Å². The van der Waals surface area contributed by atoms with Gasteiger partial charge in [0.15, 0.2) is 5.82 Å². The van der Waals surface area contributed by atoms with Crippen LogP contribution in [0, 0.1) is 0 Å². The highest BCUT2D eigenvalue weighted by molar-refractivity contribution is 5.34. The lowest BCUT2D eigenvalue weighted by atomic mass is 10.0. The number of anilines is 1. The van der Waals surface area contributed by atoms with Crippen molar-refractivity contribution in [1.82, 2.24) is 9.55 Å². The number of aryl methyl sites for hydroxylation is 1. The van der Waals surface area contributed by atoms with Gasteiger partial charge in [0.2, 0.25) is 0 Å². The first-order valence-electron chi connectivity index (χ1n) is 5.00. The molecule has 1 N–H and O–H groups in total. The Kier molecular flexibility index (Phi) is 2.27. The molecular formula is C10H15N3O. The number of nitrogens with zero attached hydrogens (tertiary/aromatic N) is 2. The van der Waals surface area contributed by atoms with Crippen molar-refractivity contribution < 1.29 is 0 Å². The largest absolute Gasteiger partial charge is 0.369 e. The van der Waals surface area contributed by atoms with Gasteiger partial charge < -0.3 is 9.88 Å². The third-order valence-electron chi connectivity index (χ3n) is 2.81. The van der Waals surface area contributed by atoms with Crippen LogP contribution in [0.1, 0.15) is 24.2 Å². The summed E-state index contributed by atoms with van der Waals surface area (Å²) in [5.74, 6) is 0.466. The summed E-state index contributed by atoms with van der Waals surface area (Å²) < 4.78 is 1.73. The van der Waals surface area contributed by atoms with Crippen molar-refractivity contribution in [2.45, 2.75) is 25.7 Å². The Hall–Kier alpha value is -1.32. The molecule has 4 heteroatoms. The molecule has 0 radical (unpaired) electrons. The van der Waals surface area contributed by atoms with Crippen LogP contribution in [0.4, 0.5) is 5.82 Å². The van der Waals surface area contributed by atoms with Crippen molar-refractivity contribution in [3.63, 3.8) is 0 Å². The van der Waals surface area contributed by atoms with Crippen molar-refractivity contribution in [1.29, 1.82) is 0 Å². The molecule has 0 spiro atoms. The second-order valence-corrected chi connectivity index (χ2v) is 3.68. The summed E-state index contributed by atoms with van der Waals surface area (Å²) in [6.45, 7) is 0. The van der Waals surface area contributed by atoms with E-state index in [2.05, 4.69) is 10.3 Å². The smallest absolute Gasteiger partial charge is 0.293 e. The van der Waals surface area contributed by atoms with Crippen LogP contribution in [-0.2, 0) is 19.9 Å². The lowest BCUT2D eigenvalue weighted by molar-refractivity contribution is 0.606. The van der Waals surface area contributed by atoms with Gasteiger partial charge in [-0.05, 0) is 25.7 Å². The summed E-state index contributed by atoms with van der Waals surface area (Å²) in [5.41, 5.74) is 2.18. The summed E-state index contributed by atoms with van der Waals surface area (Å²) >= 11 is 0. The molecule has 1 aliphatic rings. The third-order valence-corrected chi connectivity index (χ3v) is 2.81. The first-order chi connectivity index (χ1) is 6.74. The summed E-state index contributed by atoms with van der Waals surface area (Å²) in [4.78, 5) is 16.1. The van der Waals surface area contributed by atoms with Crippen molar-refractivity contribution in [2.75, 3.05) is 12.4 Å². The molecule has 0 unspecified atom stereocenters. The quantitative estimate of drug-likeness (QED) is 0.714. The fraction of sp³-hybridized carbons (Fsp3) is 0.600. The number of hydrogen-bond acceptors (Lipinski definition) is 3. The molecule has 0 atom stereocenters. The number of hydrogen-bond donors (Lipinski definition) is 1. The molecule has 1 aliphatic carbocycles. The van der Waals surface area contributed by atoms with Gasteiger partial charge in [0, 0.05) is 19.8 Å². The van der Waals surface area contributed by atoms with Gasteiger partial charge in [-0.3, -0.25) is 4.79 Å². The fourth-order valence-electron chi connectivity index (χ4n) is 1.98. The molecule has 0 amide bonds. The lowest BCUT2D eigenvalue weighted by Crippen LogP contribution is -2.28. The van der Waals surface area contributed by atoms with Crippen LogP contribution in [0.5, 0.6) is 0 Å². The minimum atomic E-state index is -0.0202. The highest BCUT2D eigenvalue weighted by Crippen LogP contribution is 2.18. The molecule has 0 fully saturated rings. The highest BCUT2D eigenvalue weighted by Gasteiger charge is 2.16. The average Bonchev–Trinajstić information content (AvgIpc) is 2.23. The van der Waals surface area contributed by atoms with E-state index in [0.717, 1.165) is 24.2 Å². The van der Waals surface area contributed by atoms with E-state index in [-0.39, 0.29) is 5.56 Å². The third kappa shape index (κ3) is 1.31. The van der Waals surface area contributed by atoms with Gasteiger partial charge in [-0.25, -0.2) is 4.98 Å². The van der Waals surface area contributed by atoms with E-state index in [1.54, 1.807) is 11.6 Å². The van der Waals surface area contributed by atoms with Gasteiger partial charge in [-0.2, -0.15) is 0 Å². The lowest BCUT2D eigenvalue weighted by Gasteiger charge is -2.18. The molecule has 4 nitrogen and oxygen atoms in total. The zero-order valence-electron chi connectivity index (χ0n) is 8.63. The van der Waals surface area contributed by atoms with Gasteiger partial charge in [0.25, 0.3) is 5.56 Å². The Labute approximate surface area is 83.0 Å². The molecule has 2 rings (SSSR count). The normalized spacial score (nSPS) is 15.0. The van der Waals surface area contributed by atoms with Crippen molar-refractivity contribution in [3.8, 4) is 0 Å². The SMILES string of the molecule is CNc1nc2c(n(C)c1=O)CCCC2. The van der Waals surface area contributed by atoms with Gasteiger partial charge in [-0.15, -0.1) is 0 Å². The van der Waals surface area contributed by atoms with E-state index in [1.165, 1.54) is 12.8 Å². The monoisotopic (exact) mass is 193 g/mol. The number of fused-ring (bicyclic) bond motifs is 1. The van der Waals surface area contributed by atoms with Crippen LogP contribution in [0.15, 0.2) is 4.79 Å². The van der Waals surface area contributed by atoms with Crippen LogP contribution in [0.2, 0.25) is 0 Å². The standard InChI is InChI=1S/C10H15N3O/c1-11-9-10(14)13(2)8-6-4-3-5-7(8)12-9/h3-6H2,1-2H3,(H,11,12). The van der Waals surface area contributed by atoms with Gasteiger partial charge in [0.1, 0.15) is 0 Å². The molecule has 1 heterocycles. The second-order valence-electron chi connectivity index (χ2n) is 3.68. The van der Waals surface area contributed by atoms with Crippen molar-refractivity contribution in [3.05, 3.63) is 21.7 Å². The number of aromatic nitrogens is 2. The zero-order valence-corrected chi connectivity index (χ0v) is 8.63. The van der Waals surface area contributed by atoms with Crippen LogP contribution in [0.25, 0.3) is 0 Å². The molecular weight excluding hydrogens is 178 g/mol. The molecule has 0 saturated carbocycles. The molecule has 0 aromatic carbocycles. The first kappa shape index (κ1) is 9.24. The molecule has 0 bridgehead atoms. The highest BCUT2D eigenvalue weighted by atomic mass is 16.1. The van der Waals surface area contributed by atoms with Crippen LogP contribution >= 0.6 is 0 Å². The summed E-state index contributed by atoms with van der Waals surface area (Å²) in [7, 11) is 3.56. The van der Waals surface area contributed by atoms with E-state index >= 15 is 0 Å². The summed E-state index contributed by atoms with van der Waals surface area (Å²) in [6.07, 6.45) is 4.33. The molecule has 0 aliphatic heterocycles. The molecule has 1 aromatic heterocycles. The molecule has 0 saturated heterocycles. The Bertz CT molecular complexity index is 409. The Morgan fingerprint density at radius 2 is 2.07 bits per heavy atom. The van der Waals surface area contributed by atoms with E-state index in [4.69, 9.17) is 0 Å². The van der Waals surface area contributed by atoms with E-state index in [0.29, 0.717) is 5.82 Å². The van der Waals surface area contributed by atoms with Gasteiger partial charge in [-0.1, -0.05) is 0 Å². The minimum absolute atomic E-state index is 0.0202. The van der Waals surface area contributed by atoms with E-state index in [9.17, 15) is 4.79 Å². The number of nitrogens with one attached hydrogen (secondary N) is 1. The van der Waals surface area contributed by atoms with Gasteiger partial charge in [0.05, 0.1) is 5.69 Å². The maximum Gasteiger partial charge on any atom is 0.293 e. The predicted octanol–water partition coefficient (Wildman–Crippen LogP) is 0.701. The van der Waals surface area contributed by atoms with Crippen LogP contribution in [-0.4, -0.2) is 16.6 Å². The van der Waals surface area contributed by atoms with Gasteiger partial charge >= 0.3 is 0 Å².